The molecular formula is C15H10F4O2. The van der Waals surface area contributed by atoms with E-state index in [-0.39, 0.29) is 11.3 Å². The van der Waals surface area contributed by atoms with Crippen molar-refractivity contribution in [2.75, 3.05) is 0 Å². The van der Waals surface area contributed by atoms with E-state index in [2.05, 4.69) is 4.74 Å². The van der Waals surface area contributed by atoms with Gasteiger partial charge < -0.3 is 4.74 Å². The normalized spacial score (nSPS) is 11.2. The van der Waals surface area contributed by atoms with Gasteiger partial charge in [-0.3, -0.25) is 4.79 Å². The number of carbonyl (C=O) groups excluding carboxylic acids is 1. The molecular weight excluding hydrogens is 288 g/mol. The number of ether oxygens (including phenoxy) is 1. The zero-order valence-electron chi connectivity index (χ0n) is 10.7. The van der Waals surface area contributed by atoms with Gasteiger partial charge in [-0.05, 0) is 41.8 Å². The Morgan fingerprint density at radius 1 is 1.00 bits per heavy atom. The van der Waals surface area contributed by atoms with Crippen molar-refractivity contribution in [3.63, 3.8) is 0 Å². The number of benzene rings is 2. The van der Waals surface area contributed by atoms with Gasteiger partial charge in [-0.15, -0.1) is 13.2 Å². The lowest BCUT2D eigenvalue weighted by molar-refractivity contribution is -0.274. The van der Waals surface area contributed by atoms with Crippen molar-refractivity contribution in [2.24, 2.45) is 0 Å². The summed E-state index contributed by atoms with van der Waals surface area (Å²) in [6.07, 6.45) is -3.97. The van der Waals surface area contributed by atoms with Crippen LogP contribution in [0.25, 0.3) is 0 Å². The lowest BCUT2D eigenvalue weighted by Gasteiger charge is -2.09. The molecule has 0 aliphatic carbocycles. The summed E-state index contributed by atoms with van der Waals surface area (Å²) in [6, 6.07) is 9.49. The highest BCUT2D eigenvalue weighted by molar-refractivity contribution is 5.75. The van der Waals surface area contributed by atoms with Gasteiger partial charge in [-0.2, -0.15) is 0 Å². The Balaban J connectivity index is 2.10. The van der Waals surface area contributed by atoms with E-state index < -0.39 is 12.2 Å². The Bertz CT molecular complexity index is 633. The molecule has 0 saturated heterocycles. The molecule has 0 bridgehead atoms. The predicted octanol–water partition coefficient (Wildman–Crippen LogP) is 4.13. The zero-order valence-corrected chi connectivity index (χ0v) is 10.7. The van der Waals surface area contributed by atoms with Gasteiger partial charge in [0.05, 0.1) is 5.56 Å². The molecule has 21 heavy (non-hydrogen) atoms. The molecule has 0 aromatic heterocycles. The summed E-state index contributed by atoms with van der Waals surface area (Å²) < 4.78 is 53.2. The number of rotatable bonds is 4. The maximum atomic E-state index is 13.4. The second-order valence-corrected chi connectivity index (χ2v) is 4.34. The monoisotopic (exact) mass is 298 g/mol. The number of carbonyl (C=O) groups is 1. The number of alkyl halides is 3. The van der Waals surface area contributed by atoms with Crippen LogP contribution in [0, 0.1) is 5.82 Å². The van der Waals surface area contributed by atoms with E-state index in [1.807, 2.05) is 0 Å². The summed E-state index contributed by atoms with van der Waals surface area (Å²) in [5, 5.41) is 0. The van der Waals surface area contributed by atoms with Gasteiger partial charge in [-0.25, -0.2) is 4.39 Å². The largest absolute Gasteiger partial charge is 0.573 e. The summed E-state index contributed by atoms with van der Waals surface area (Å²) in [5.41, 5.74) is 1.28. The number of halogens is 4. The first-order valence-corrected chi connectivity index (χ1v) is 5.96. The van der Waals surface area contributed by atoms with Gasteiger partial charge in [0.25, 0.3) is 0 Å². The van der Waals surface area contributed by atoms with E-state index >= 15 is 0 Å². The molecule has 0 aliphatic heterocycles. The molecule has 0 radical (unpaired) electrons. The van der Waals surface area contributed by atoms with E-state index in [9.17, 15) is 22.4 Å². The molecule has 0 heterocycles. The average molecular weight is 298 g/mol. The van der Waals surface area contributed by atoms with Crippen LogP contribution in [-0.4, -0.2) is 12.6 Å². The molecule has 0 saturated carbocycles. The molecule has 6 heteroatoms. The Morgan fingerprint density at radius 2 is 1.62 bits per heavy atom. The summed E-state index contributed by atoms with van der Waals surface area (Å²) in [6.45, 7) is 0. The van der Waals surface area contributed by atoms with Crippen LogP contribution in [0.5, 0.6) is 5.75 Å². The van der Waals surface area contributed by atoms with Crippen LogP contribution < -0.4 is 4.74 Å². The van der Waals surface area contributed by atoms with Crippen molar-refractivity contribution in [3.8, 4) is 5.75 Å². The van der Waals surface area contributed by atoms with Gasteiger partial charge in [0.15, 0.2) is 6.29 Å². The number of hydrogen-bond donors (Lipinski definition) is 0. The predicted molar refractivity (Wildman–Crippen MR) is 67.7 cm³/mol. The highest BCUT2D eigenvalue weighted by Crippen LogP contribution is 2.23. The first-order valence-electron chi connectivity index (χ1n) is 5.96. The summed E-state index contributed by atoms with van der Waals surface area (Å²) >= 11 is 0. The third kappa shape index (κ3) is 4.30. The van der Waals surface area contributed by atoms with Crippen molar-refractivity contribution < 1.29 is 27.1 Å². The van der Waals surface area contributed by atoms with Gasteiger partial charge in [0, 0.05) is 0 Å². The Kier molecular flexibility index (Phi) is 4.26. The third-order valence-electron chi connectivity index (χ3n) is 2.76. The van der Waals surface area contributed by atoms with E-state index in [1.165, 1.54) is 36.4 Å². The second kappa shape index (κ2) is 5.95. The molecule has 0 aliphatic rings. The van der Waals surface area contributed by atoms with Crippen molar-refractivity contribution >= 4 is 6.29 Å². The van der Waals surface area contributed by atoms with Crippen molar-refractivity contribution in [1.82, 2.24) is 0 Å². The molecule has 2 rings (SSSR count). The SMILES string of the molecule is O=Cc1ccc(Cc2ccc(OC(F)(F)F)cc2)cc1F. The molecule has 2 aromatic carbocycles. The van der Waals surface area contributed by atoms with Crippen LogP contribution in [0.3, 0.4) is 0 Å². The highest BCUT2D eigenvalue weighted by atomic mass is 19.4. The summed E-state index contributed by atoms with van der Waals surface area (Å²) in [5.74, 6) is -0.937. The van der Waals surface area contributed by atoms with Gasteiger partial charge in [0.1, 0.15) is 11.6 Å². The number of hydrogen-bond acceptors (Lipinski definition) is 2. The lowest BCUT2D eigenvalue weighted by atomic mass is 10.0. The van der Waals surface area contributed by atoms with Crippen molar-refractivity contribution in [2.45, 2.75) is 12.8 Å². The Hall–Kier alpha value is -2.37. The maximum Gasteiger partial charge on any atom is 0.573 e. The highest BCUT2D eigenvalue weighted by Gasteiger charge is 2.30. The molecule has 2 nitrogen and oxygen atoms in total. The minimum absolute atomic E-state index is 0.0346. The maximum absolute atomic E-state index is 13.4. The first kappa shape index (κ1) is 15.0. The quantitative estimate of drug-likeness (QED) is 0.626. The van der Waals surface area contributed by atoms with E-state index in [1.54, 1.807) is 6.07 Å². The molecule has 0 amide bonds. The molecule has 0 unspecified atom stereocenters. The third-order valence-corrected chi connectivity index (χ3v) is 2.76. The standard InChI is InChI=1S/C15H10F4O2/c16-14-8-11(1-4-12(14)9-20)7-10-2-5-13(6-3-10)21-15(17,18)19/h1-6,8-9H,7H2. The lowest BCUT2D eigenvalue weighted by Crippen LogP contribution is -2.17. The summed E-state index contributed by atoms with van der Waals surface area (Å²) in [7, 11) is 0. The number of aldehydes is 1. The molecule has 2 aromatic rings. The van der Waals surface area contributed by atoms with Gasteiger partial charge in [-0.1, -0.05) is 18.2 Å². The van der Waals surface area contributed by atoms with Crippen LogP contribution in [0.1, 0.15) is 21.5 Å². The van der Waals surface area contributed by atoms with E-state index in [0.29, 0.717) is 23.8 Å². The van der Waals surface area contributed by atoms with E-state index in [4.69, 9.17) is 0 Å². The Labute approximate surface area is 118 Å². The van der Waals surface area contributed by atoms with Gasteiger partial charge >= 0.3 is 6.36 Å². The smallest absolute Gasteiger partial charge is 0.406 e. The van der Waals surface area contributed by atoms with Crippen LogP contribution in [0.4, 0.5) is 17.6 Å². The van der Waals surface area contributed by atoms with Crippen molar-refractivity contribution in [1.29, 1.82) is 0 Å². The Morgan fingerprint density at radius 3 is 2.14 bits per heavy atom. The van der Waals surface area contributed by atoms with E-state index in [0.717, 1.165) is 0 Å². The second-order valence-electron chi connectivity index (χ2n) is 4.34. The summed E-state index contributed by atoms with van der Waals surface area (Å²) in [4.78, 5) is 10.5. The zero-order chi connectivity index (χ0) is 15.5. The molecule has 0 N–H and O–H groups in total. The molecule has 0 fully saturated rings. The fourth-order valence-corrected chi connectivity index (χ4v) is 1.82. The van der Waals surface area contributed by atoms with Gasteiger partial charge in [0.2, 0.25) is 0 Å². The van der Waals surface area contributed by atoms with Crippen LogP contribution in [0.15, 0.2) is 42.5 Å². The minimum atomic E-state index is -4.73. The molecule has 110 valence electrons. The van der Waals surface area contributed by atoms with Crippen LogP contribution >= 0.6 is 0 Å². The first-order chi connectivity index (χ1) is 9.87. The van der Waals surface area contributed by atoms with Crippen LogP contribution in [0.2, 0.25) is 0 Å². The topological polar surface area (TPSA) is 26.3 Å². The fraction of sp³-hybridized carbons (Fsp3) is 0.133. The fourth-order valence-electron chi connectivity index (χ4n) is 1.82. The average Bonchev–Trinajstić information content (AvgIpc) is 2.40. The minimum Gasteiger partial charge on any atom is -0.406 e. The van der Waals surface area contributed by atoms with Crippen LogP contribution in [-0.2, 0) is 6.42 Å². The van der Waals surface area contributed by atoms with Crippen molar-refractivity contribution in [3.05, 3.63) is 65.0 Å². The molecule has 0 atom stereocenters. The molecule has 0 spiro atoms.